The summed E-state index contributed by atoms with van der Waals surface area (Å²) >= 11 is 11.9. The molecule has 8 heteroatoms. The zero-order chi connectivity index (χ0) is 18.4. The van der Waals surface area contributed by atoms with Crippen LogP contribution in [0.4, 0.5) is 13.6 Å². The summed E-state index contributed by atoms with van der Waals surface area (Å²) in [6, 6.07) is 10.4. The van der Waals surface area contributed by atoms with Crippen LogP contribution in [0.2, 0.25) is 10.0 Å². The van der Waals surface area contributed by atoms with Crippen LogP contribution in [-0.4, -0.2) is 12.6 Å². The number of alkyl halides is 2. The van der Waals surface area contributed by atoms with Gasteiger partial charge in [-0.1, -0.05) is 41.4 Å². The number of rotatable bonds is 6. The number of benzene rings is 2. The van der Waals surface area contributed by atoms with Gasteiger partial charge >= 0.3 is 12.6 Å². The van der Waals surface area contributed by atoms with Crippen molar-refractivity contribution in [2.24, 2.45) is 0 Å². The van der Waals surface area contributed by atoms with Crippen molar-refractivity contribution in [3.8, 4) is 5.75 Å². The third-order valence-corrected chi connectivity index (χ3v) is 3.99. The van der Waals surface area contributed by atoms with Crippen molar-refractivity contribution in [1.82, 2.24) is 10.6 Å². The molecule has 0 saturated carbocycles. The maximum atomic E-state index is 12.1. The molecule has 0 radical (unpaired) electrons. The van der Waals surface area contributed by atoms with E-state index in [4.69, 9.17) is 23.2 Å². The van der Waals surface area contributed by atoms with E-state index in [-0.39, 0.29) is 24.4 Å². The molecule has 1 atom stereocenters. The topological polar surface area (TPSA) is 50.4 Å². The highest BCUT2D eigenvalue weighted by Crippen LogP contribution is 2.21. The SMILES string of the molecule is CC(NC(=O)NCc1ccc(Cl)cc1Cl)c1ccc(OC(F)F)cc1. The van der Waals surface area contributed by atoms with Crippen LogP contribution >= 0.6 is 23.2 Å². The molecule has 134 valence electrons. The molecule has 2 N–H and O–H groups in total. The minimum atomic E-state index is -2.87. The third-order valence-electron chi connectivity index (χ3n) is 3.41. The number of hydrogen-bond donors (Lipinski definition) is 2. The number of nitrogens with one attached hydrogen (secondary N) is 2. The van der Waals surface area contributed by atoms with Crippen LogP contribution in [0.3, 0.4) is 0 Å². The lowest BCUT2D eigenvalue weighted by Gasteiger charge is -2.16. The Morgan fingerprint density at radius 1 is 1.16 bits per heavy atom. The monoisotopic (exact) mass is 388 g/mol. The van der Waals surface area contributed by atoms with Gasteiger partial charge in [-0.15, -0.1) is 0 Å². The number of urea groups is 1. The van der Waals surface area contributed by atoms with E-state index in [0.29, 0.717) is 10.0 Å². The van der Waals surface area contributed by atoms with Gasteiger partial charge in [0.05, 0.1) is 6.04 Å². The van der Waals surface area contributed by atoms with Crippen LogP contribution in [-0.2, 0) is 6.54 Å². The molecule has 4 nitrogen and oxygen atoms in total. The molecule has 0 spiro atoms. The predicted molar refractivity (Wildman–Crippen MR) is 93.3 cm³/mol. The van der Waals surface area contributed by atoms with E-state index in [0.717, 1.165) is 11.1 Å². The zero-order valence-electron chi connectivity index (χ0n) is 13.2. The first-order valence-electron chi connectivity index (χ1n) is 7.38. The van der Waals surface area contributed by atoms with E-state index >= 15 is 0 Å². The number of amides is 2. The maximum Gasteiger partial charge on any atom is 0.387 e. The van der Waals surface area contributed by atoms with Crippen molar-refractivity contribution in [3.63, 3.8) is 0 Å². The molecule has 1 unspecified atom stereocenters. The van der Waals surface area contributed by atoms with Crippen molar-refractivity contribution in [1.29, 1.82) is 0 Å². The fraction of sp³-hybridized carbons (Fsp3) is 0.235. The van der Waals surface area contributed by atoms with Gasteiger partial charge in [0.1, 0.15) is 5.75 Å². The standard InChI is InChI=1S/C17H16Cl2F2N2O2/c1-10(11-3-6-14(7-4-11)25-16(20)21)23-17(24)22-9-12-2-5-13(18)8-15(12)19/h2-8,10,16H,9H2,1H3,(H2,22,23,24). The zero-order valence-corrected chi connectivity index (χ0v) is 14.7. The average molecular weight is 389 g/mol. The predicted octanol–water partition coefficient (Wildman–Crippen LogP) is 5.16. The summed E-state index contributed by atoms with van der Waals surface area (Å²) in [5.41, 5.74) is 1.49. The highest BCUT2D eigenvalue weighted by Gasteiger charge is 2.11. The van der Waals surface area contributed by atoms with E-state index in [2.05, 4.69) is 15.4 Å². The third kappa shape index (κ3) is 6.07. The van der Waals surface area contributed by atoms with E-state index in [1.54, 1.807) is 37.3 Å². The summed E-state index contributed by atoms with van der Waals surface area (Å²) in [6.45, 7) is -0.847. The van der Waals surface area contributed by atoms with Crippen LogP contribution in [0.5, 0.6) is 5.75 Å². The van der Waals surface area contributed by atoms with Crippen molar-refractivity contribution in [2.45, 2.75) is 26.1 Å². The number of carbonyl (C=O) groups excluding carboxylic acids is 1. The largest absolute Gasteiger partial charge is 0.435 e. The molecule has 0 aliphatic rings. The van der Waals surface area contributed by atoms with E-state index in [9.17, 15) is 13.6 Å². The summed E-state index contributed by atoms with van der Waals surface area (Å²) in [6.07, 6.45) is 0. The molecule has 2 amide bonds. The van der Waals surface area contributed by atoms with Crippen molar-refractivity contribution < 1.29 is 18.3 Å². The Morgan fingerprint density at radius 3 is 2.44 bits per heavy atom. The fourth-order valence-electron chi connectivity index (χ4n) is 2.11. The second kappa shape index (κ2) is 8.87. The Labute approximate surface area is 154 Å². The van der Waals surface area contributed by atoms with Gasteiger partial charge < -0.3 is 15.4 Å². The van der Waals surface area contributed by atoms with Crippen molar-refractivity contribution in [2.75, 3.05) is 0 Å². The van der Waals surface area contributed by atoms with Gasteiger partial charge in [-0.25, -0.2) is 4.79 Å². The number of hydrogen-bond acceptors (Lipinski definition) is 2. The smallest absolute Gasteiger partial charge is 0.387 e. The second-order valence-electron chi connectivity index (χ2n) is 5.23. The minimum Gasteiger partial charge on any atom is -0.435 e. The minimum absolute atomic E-state index is 0.0628. The molecule has 0 aliphatic carbocycles. The van der Waals surface area contributed by atoms with Gasteiger partial charge in [-0.3, -0.25) is 0 Å². The molecular weight excluding hydrogens is 373 g/mol. The summed E-state index contributed by atoms with van der Waals surface area (Å²) < 4.78 is 28.5. The lowest BCUT2D eigenvalue weighted by Crippen LogP contribution is -2.36. The Balaban J connectivity index is 1.87. The lowest BCUT2D eigenvalue weighted by atomic mass is 10.1. The highest BCUT2D eigenvalue weighted by molar-refractivity contribution is 6.35. The van der Waals surface area contributed by atoms with E-state index < -0.39 is 6.61 Å². The Kier molecular flexibility index (Phi) is 6.84. The molecule has 25 heavy (non-hydrogen) atoms. The Bertz CT molecular complexity index is 727. The lowest BCUT2D eigenvalue weighted by molar-refractivity contribution is -0.0498. The van der Waals surface area contributed by atoms with Crippen LogP contribution in [0.25, 0.3) is 0 Å². The molecule has 0 saturated heterocycles. The Morgan fingerprint density at radius 2 is 1.84 bits per heavy atom. The first-order chi connectivity index (χ1) is 11.8. The average Bonchev–Trinajstić information content (AvgIpc) is 2.54. The number of carbonyl (C=O) groups is 1. The van der Waals surface area contributed by atoms with E-state index in [1.807, 2.05) is 0 Å². The molecule has 0 bridgehead atoms. The summed E-state index contributed by atoms with van der Waals surface area (Å²) in [7, 11) is 0. The van der Waals surface area contributed by atoms with Crippen LogP contribution in [0, 0.1) is 0 Å². The van der Waals surface area contributed by atoms with Crippen LogP contribution in [0.15, 0.2) is 42.5 Å². The molecule has 2 rings (SSSR count). The molecule has 2 aromatic carbocycles. The number of ether oxygens (including phenoxy) is 1. The van der Waals surface area contributed by atoms with Gasteiger partial charge in [-0.2, -0.15) is 8.78 Å². The first kappa shape index (κ1) is 19.3. The van der Waals surface area contributed by atoms with Gasteiger partial charge in [0, 0.05) is 16.6 Å². The molecule has 0 fully saturated rings. The molecule has 2 aromatic rings. The van der Waals surface area contributed by atoms with E-state index in [1.165, 1.54) is 12.1 Å². The number of halogens is 4. The Hall–Kier alpha value is -2.05. The van der Waals surface area contributed by atoms with Crippen LogP contribution < -0.4 is 15.4 Å². The van der Waals surface area contributed by atoms with Gasteiger partial charge in [0.15, 0.2) is 0 Å². The maximum absolute atomic E-state index is 12.1. The highest BCUT2D eigenvalue weighted by atomic mass is 35.5. The molecular formula is C17H16Cl2F2N2O2. The fourth-order valence-corrected chi connectivity index (χ4v) is 2.58. The van der Waals surface area contributed by atoms with Gasteiger partial charge in [-0.05, 0) is 42.3 Å². The quantitative estimate of drug-likeness (QED) is 0.718. The van der Waals surface area contributed by atoms with Crippen molar-refractivity contribution >= 4 is 29.2 Å². The second-order valence-corrected chi connectivity index (χ2v) is 6.08. The first-order valence-corrected chi connectivity index (χ1v) is 8.14. The van der Waals surface area contributed by atoms with Gasteiger partial charge in [0.25, 0.3) is 0 Å². The van der Waals surface area contributed by atoms with Gasteiger partial charge in [0.2, 0.25) is 0 Å². The molecule has 0 aromatic heterocycles. The molecule has 0 heterocycles. The summed E-state index contributed by atoms with van der Waals surface area (Å²) in [4.78, 5) is 12.0. The summed E-state index contributed by atoms with van der Waals surface area (Å²) in [5, 5.41) is 6.43. The normalized spacial score (nSPS) is 11.9. The molecule has 0 aliphatic heterocycles. The van der Waals surface area contributed by atoms with Crippen LogP contribution in [0.1, 0.15) is 24.1 Å². The van der Waals surface area contributed by atoms with Crippen molar-refractivity contribution in [3.05, 3.63) is 63.6 Å². The summed E-state index contributed by atoms with van der Waals surface area (Å²) in [5.74, 6) is 0.0628.